The lowest BCUT2D eigenvalue weighted by atomic mass is 10.2. The van der Waals surface area contributed by atoms with E-state index in [1.54, 1.807) is 6.92 Å². The summed E-state index contributed by atoms with van der Waals surface area (Å²) >= 11 is 0. The smallest absolute Gasteiger partial charge is 0.372 e. The van der Waals surface area contributed by atoms with Crippen LogP contribution in [0.15, 0.2) is 34.9 Å². The Bertz CT molecular complexity index is 661. The summed E-state index contributed by atoms with van der Waals surface area (Å²) in [5.74, 6) is -0.928. The highest BCUT2D eigenvalue weighted by atomic mass is 16.6. The number of carboxylic acids is 1. The number of rotatable bonds is 5. The van der Waals surface area contributed by atoms with Crippen molar-refractivity contribution in [2.75, 3.05) is 0 Å². The van der Waals surface area contributed by atoms with Crippen molar-refractivity contribution in [3.63, 3.8) is 0 Å². The summed E-state index contributed by atoms with van der Waals surface area (Å²) in [6.07, 6.45) is 1.27. The van der Waals surface area contributed by atoms with E-state index in [2.05, 4.69) is 0 Å². The molecule has 1 N–H and O–H groups in total. The van der Waals surface area contributed by atoms with Gasteiger partial charge < -0.3 is 14.3 Å². The molecule has 0 spiro atoms. The third-order valence-electron chi connectivity index (χ3n) is 2.70. The van der Waals surface area contributed by atoms with Crippen molar-refractivity contribution in [1.29, 1.82) is 0 Å². The molecule has 2 rings (SSSR count). The second-order valence-electron chi connectivity index (χ2n) is 4.07. The molecule has 0 amide bonds. The van der Waals surface area contributed by atoms with Crippen LogP contribution in [-0.2, 0) is 6.61 Å². The summed E-state index contributed by atoms with van der Waals surface area (Å²) in [4.78, 5) is 21.1. The van der Waals surface area contributed by atoms with Crippen molar-refractivity contribution in [1.82, 2.24) is 0 Å². The Kier molecular flexibility index (Phi) is 3.69. The second kappa shape index (κ2) is 5.43. The van der Waals surface area contributed by atoms with Gasteiger partial charge in [0, 0.05) is 17.2 Å². The molecule has 0 atom stereocenters. The molecule has 1 heterocycles. The van der Waals surface area contributed by atoms with Crippen molar-refractivity contribution < 1.29 is 24.0 Å². The van der Waals surface area contributed by atoms with E-state index < -0.39 is 10.9 Å². The van der Waals surface area contributed by atoms with Gasteiger partial charge in [0.2, 0.25) is 5.76 Å². The van der Waals surface area contributed by atoms with Crippen LogP contribution >= 0.6 is 0 Å². The van der Waals surface area contributed by atoms with Crippen LogP contribution in [0.1, 0.15) is 21.7 Å². The van der Waals surface area contributed by atoms with Crippen molar-refractivity contribution >= 4 is 11.7 Å². The average molecular weight is 277 g/mol. The summed E-state index contributed by atoms with van der Waals surface area (Å²) in [6, 6.07) is 5.84. The predicted molar refractivity (Wildman–Crippen MR) is 67.8 cm³/mol. The van der Waals surface area contributed by atoms with Crippen LogP contribution in [0.25, 0.3) is 0 Å². The number of aromatic carboxylic acids is 1. The van der Waals surface area contributed by atoms with Crippen molar-refractivity contribution in [3.05, 3.63) is 57.5 Å². The number of nitro groups is 1. The Morgan fingerprint density at radius 3 is 2.80 bits per heavy atom. The Morgan fingerprint density at radius 1 is 1.45 bits per heavy atom. The van der Waals surface area contributed by atoms with Crippen LogP contribution < -0.4 is 4.74 Å². The van der Waals surface area contributed by atoms with Gasteiger partial charge in [-0.2, -0.15) is 0 Å². The molecule has 0 bridgehead atoms. The van der Waals surface area contributed by atoms with Gasteiger partial charge in [0.05, 0.1) is 11.2 Å². The van der Waals surface area contributed by atoms with Gasteiger partial charge in [0.15, 0.2) is 0 Å². The minimum Gasteiger partial charge on any atom is -0.489 e. The molecular formula is C13H11NO6. The fourth-order valence-electron chi connectivity index (χ4n) is 1.72. The molecule has 2 aromatic rings. The molecule has 7 nitrogen and oxygen atoms in total. The quantitative estimate of drug-likeness (QED) is 0.665. The van der Waals surface area contributed by atoms with E-state index in [0.29, 0.717) is 16.9 Å². The highest BCUT2D eigenvalue weighted by Gasteiger charge is 2.15. The van der Waals surface area contributed by atoms with E-state index in [-0.39, 0.29) is 18.1 Å². The Labute approximate surface area is 113 Å². The zero-order valence-electron chi connectivity index (χ0n) is 10.5. The lowest BCUT2D eigenvalue weighted by Crippen LogP contribution is -2.03. The second-order valence-corrected chi connectivity index (χ2v) is 4.07. The van der Waals surface area contributed by atoms with Crippen LogP contribution in [-0.4, -0.2) is 16.0 Å². The van der Waals surface area contributed by atoms with E-state index >= 15 is 0 Å². The first-order valence-electron chi connectivity index (χ1n) is 5.66. The Hall–Kier alpha value is -2.83. The Morgan fingerprint density at radius 2 is 2.20 bits per heavy atom. The van der Waals surface area contributed by atoms with Gasteiger partial charge in [-0.1, -0.05) is 0 Å². The van der Waals surface area contributed by atoms with Crippen LogP contribution in [0.2, 0.25) is 0 Å². The maximum atomic E-state index is 10.8. The summed E-state index contributed by atoms with van der Waals surface area (Å²) in [5.41, 5.74) is 0.874. The van der Waals surface area contributed by atoms with Gasteiger partial charge in [-0.05, 0) is 25.1 Å². The summed E-state index contributed by atoms with van der Waals surface area (Å²) in [5, 5.41) is 19.6. The molecule has 0 unspecified atom stereocenters. The monoisotopic (exact) mass is 277 g/mol. The molecule has 0 aliphatic carbocycles. The lowest BCUT2D eigenvalue weighted by molar-refractivity contribution is -0.385. The lowest BCUT2D eigenvalue weighted by Gasteiger charge is -2.06. The zero-order valence-corrected chi connectivity index (χ0v) is 10.5. The fourth-order valence-corrected chi connectivity index (χ4v) is 1.72. The molecule has 0 saturated carbocycles. The number of ether oxygens (including phenoxy) is 1. The van der Waals surface area contributed by atoms with E-state index in [9.17, 15) is 14.9 Å². The van der Waals surface area contributed by atoms with Crippen LogP contribution in [0.5, 0.6) is 5.75 Å². The minimum absolute atomic E-state index is 0.00638. The van der Waals surface area contributed by atoms with Gasteiger partial charge in [-0.25, -0.2) is 4.79 Å². The molecular weight excluding hydrogens is 266 g/mol. The first-order valence-corrected chi connectivity index (χ1v) is 5.66. The summed E-state index contributed by atoms with van der Waals surface area (Å²) in [7, 11) is 0. The van der Waals surface area contributed by atoms with Crippen LogP contribution in [0.4, 0.5) is 5.69 Å². The number of nitro benzene ring substituents is 1. The number of benzene rings is 1. The summed E-state index contributed by atoms with van der Waals surface area (Å²) < 4.78 is 10.2. The molecule has 0 aliphatic heterocycles. The van der Waals surface area contributed by atoms with E-state index in [4.69, 9.17) is 14.3 Å². The molecule has 0 saturated heterocycles. The molecule has 0 fully saturated rings. The zero-order chi connectivity index (χ0) is 14.7. The highest BCUT2D eigenvalue weighted by Crippen LogP contribution is 2.24. The maximum absolute atomic E-state index is 10.8. The topological polar surface area (TPSA) is 103 Å². The fraction of sp³-hybridized carbons (Fsp3) is 0.154. The number of carbonyl (C=O) groups is 1. The molecule has 1 aromatic carbocycles. The average Bonchev–Trinajstić information content (AvgIpc) is 2.84. The van der Waals surface area contributed by atoms with Gasteiger partial charge in [-0.15, -0.1) is 0 Å². The van der Waals surface area contributed by atoms with Crippen molar-refractivity contribution in [2.24, 2.45) is 0 Å². The molecule has 104 valence electrons. The van der Waals surface area contributed by atoms with Gasteiger partial charge in [0.25, 0.3) is 5.69 Å². The normalized spacial score (nSPS) is 10.2. The molecule has 0 radical (unpaired) electrons. The van der Waals surface area contributed by atoms with E-state index in [0.717, 1.165) is 0 Å². The highest BCUT2D eigenvalue weighted by molar-refractivity contribution is 5.86. The standard InChI is InChI=1S/C13H11NO6/c1-8-6-10(2-3-11(8)14(17)18)20-7-9-4-5-19-12(9)13(15)16/h2-6H,7H2,1H3,(H,15,16). The first-order chi connectivity index (χ1) is 9.49. The van der Waals surface area contributed by atoms with E-state index in [1.165, 1.54) is 30.5 Å². The van der Waals surface area contributed by atoms with Gasteiger partial charge in [-0.3, -0.25) is 10.1 Å². The van der Waals surface area contributed by atoms with Crippen molar-refractivity contribution in [3.8, 4) is 5.75 Å². The number of hydrogen-bond acceptors (Lipinski definition) is 5. The van der Waals surface area contributed by atoms with Crippen molar-refractivity contribution in [2.45, 2.75) is 13.5 Å². The summed E-state index contributed by atoms with van der Waals surface area (Å²) in [6.45, 7) is 1.61. The third kappa shape index (κ3) is 2.77. The minimum atomic E-state index is -1.17. The molecule has 20 heavy (non-hydrogen) atoms. The molecule has 0 aliphatic rings. The SMILES string of the molecule is Cc1cc(OCc2ccoc2C(=O)O)ccc1[N+](=O)[O-]. The number of hydrogen-bond donors (Lipinski definition) is 1. The number of carboxylic acid groups (broad SMARTS) is 1. The maximum Gasteiger partial charge on any atom is 0.372 e. The number of aryl methyl sites for hydroxylation is 1. The molecule has 7 heteroatoms. The van der Waals surface area contributed by atoms with E-state index in [1.807, 2.05) is 0 Å². The van der Waals surface area contributed by atoms with Crippen LogP contribution in [0.3, 0.4) is 0 Å². The first kappa shape index (κ1) is 13.6. The largest absolute Gasteiger partial charge is 0.489 e. The third-order valence-corrected chi connectivity index (χ3v) is 2.70. The van der Waals surface area contributed by atoms with Crippen LogP contribution in [0, 0.1) is 17.0 Å². The van der Waals surface area contributed by atoms with Gasteiger partial charge in [0.1, 0.15) is 12.4 Å². The number of furan rings is 1. The predicted octanol–water partition coefficient (Wildman–Crippen LogP) is 2.77. The van der Waals surface area contributed by atoms with Gasteiger partial charge >= 0.3 is 5.97 Å². The molecule has 1 aromatic heterocycles. The number of nitrogens with zero attached hydrogens (tertiary/aromatic N) is 1. The Balaban J connectivity index is 2.11.